The van der Waals surface area contributed by atoms with Gasteiger partial charge in [-0.1, -0.05) is 6.92 Å². The maximum atomic E-state index is 12.6. The van der Waals surface area contributed by atoms with Gasteiger partial charge in [0.25, 0.3) is 0 Å². The predicted molar refractivity (Wildman–Crippen MR) is 74.2 cm³/mol. The molecule has 7 nitrogen and oxygen atoms in total. The average Bonchev–Trinajstić information content (AvgIpc) is 3.08. The molecule has 1 amide bonds. The summed E-state index contributed by atoms with van der Waals surface area (Å²) in [6.07, 6.45) is -1.58. The first kappa shape index (κ1) is 17.0. The Balaban J connectivity index is 1.82. The van der Waals surface area contributed by atoms with Crippen molar-refractivity contribution < 1.29 is 18.0 Å². The van der Waals surface area contributed by atoms with Gasteiger partial charge in [-0.05, 0) is 13.0 Å². The van der Waals surface area contributed by atoms with E-state index in [0.29, 0.717) is 12.2 Å². The molecular formula is C13H17F3N6O. The second kappa shape index (κ2) is 6.80. The number of hydrogen-bond acceptors (Lipinski definition) is 4. The fourth-order valence-corrected chi connectivity index (χ4v) is 2.02. The number of halogens is 3. The van der Waals surface area contributed by atoms with Crippen LogP contribution in [0.15, 0.2) is 18.7 Å². The van der Waals surface area contributed by atoms with Crippen LogP contribution in [0.4, 0.5) is 13.2 Å². The minimum atomic E-state index is -4.47. The van der Waals surface area contributed by atoms with Gasteiger partial charge in [-0.15, -0.1) is 0 Å². The maximum Gasteiger partial charge on any atom is 0.435 e. The molecule has 1 atom stereocenters. The Hall–Kier alpha value is -2.39. The van der Waals surface area contributed by atoms with E-state index in [0.717, 1.165) is 6.07 Å². The zero-order valence-corrected chi connectivity index (χ0v) is 12.7. The maximum absolute atomic E-state index is 12.6. The smallest absolute Gasteiger partial charge is 0.354 e. The Kier molecular flexibility index (Phi) is 5.02. The average molecular weight is 330 g/mol. The van der Waals surface area contributed by atoms with Crippen LogP contribution in [0, 0.1) is 12.8 Å². The van der Waals surface area contributed by atoms with E-state index >= 15 is 0 Å². The molecule has 2 aromatic heterocycles. The molecule has 0 aromatic carbocycles. The van der Waals surface area contributed by atoms with E-state index < -0.39 is 11.9 Å². The van der Waals surface area contributed by atoms with Crippen molar-refractivity contribution in [3.63, 3.8) is 0 Å². The molecule has 0 bridgehead atoms. The summed E-state index contributed by atoms with van der Waals surface area (Å²) in [5, 5.41) is 10.1. The van der Waals surface area contributed by atoms with E-state index in [1.807, 2.05) is 0 Å². The number of amides is 1. The molecule has 0 aliphatic rings. The van der Waals surface area contributed by atoms with E-state index in [4.69, 9.17) is 0 Å². The van der Waals surface area contributed by atoms with E-state index in [-0.39, 0.29) is 24.9 Å². The van der Waals surface area contributed by atoms with Gasteiger partial charge in [0.15, 0.2) is 5.69 Å². The summed E-state index contributed by atoms with van der Waals surface area (Å²) in [6, 6.07) is 0.981. The van der Waals surface area contributed by atoms with Crippen molar-refractivity contribution in [3.8, 4) is 0 Å². The van der Waals surface area contributed by atoms with Gasteiger partial charge in [0.2, 0.25) is 5.91 Å². The van der Waals surface area contributed by atoms with Gasteiger partial charge in [-0.2, -0.15) is 23.4 Å². The zero-order valence-electron chi connectivity index (χ0n) is 12.7. The predicted octanol–water partition coefficient (Wildman–Crippen LogP) is 1.25. The Morgan fingerprint density at radius 1 is 1.43 bits per heavy atom. The summed E-state index contributed by atoms with van der Waals surface area (Å²) in [5.74, 6) is -0.539. The molecular weight excluding hydrogens is 313 g/mol. The van der Waals surface area contributed by atoms with Crippen LogP contribution in [0.25, 0.3) is 0 Å². The number of aromatic nitrogens is 5. The molecule has 2 rings (SSSR count). The van der Waals surface area contributed by atoms with Crippen molar-refractivity contribution >= 4 is 5.91 Å². The van der Waals surface area contributed by atoms with Gasteiger partial charge in [0.1, 0.15) is 12.7 Å². The van der Waals surface area contributed by atoms with Crippen LogP contribution in [0.1, 0.15) is 18.3 Å². The molecule has 0 aliphatic carbocycles. The van der Waals surface area contributed by atoms with Crippen LogP contribution in [-0.2, 0) is 24.1 Å². The van der Waals surface area contributed by atoms with Crippen molar-refractivity contribution in [2.45, 2.75) is 33.1 Å². The van der Waals surface area contributed by atoms with Gasteiger partial charge < -0.3 is 5.32 Å². The molecule has 2 heterocycles. The third-order valence-corrected chi connectivity index (χ3v) is 3.27. The van der Waals surface area contributed by atoms with Crippen LogP contribution in [0.2, 0.25) is 0 Å². The third-order valence-electron chi connectivity index (χ3n) is 3.27. The molecule has 0 fully saturated rings. The fourth-order valence-electron chi connectivity index (χ4n) is 2.02. The summed E-state index contributed by atoms with van der Waals surface area (Å²) in [6.45, 7) is 4.02. The molecule has 0 aliphatic heterocycles. The second-order valence-corrected chi connectivity index (χ2v) is 5.20. The highest BCUT2D eigenvalue weighted by atomic mass is 19.4. The summed E-state index contributed by atoms with van der Waals surface area (Å²) < 4.78 is 40.4. The number of carbonyl (C=O) groups is 1. The number of nitrogens with zero attached hydrogens (tertiary/aromatic N) is 5. The largest absolute Gasteiger partial charge is 0.435 e. The second-order valence-electron chi connectivity index (χ2n) is 5.20. The number of aryl methyl sites for hydroxylation is 1. The van der Waals surface area contributed by atoms with E-state index in [9.17, 15) is 18.0 Å². The highest BCUT2D eigenvalue weighted by Crippen LogP contribution is 2.28. The van der Waals surface area contributed by atoms with Gasteiger partial charge in [0, 0.05) is 12.2 Å². The first-order valence-corrected chi connectivity index (χ1v) is 6.99. The Morgan fingerprint density at radius 3 is 2.74 bits per heavy atom. The van der Waals surface area contributed by atoms with Gasteiger partial charge >= 0.3 is 6.18 Å². The molecule has 0 saturated heterocycles. The van der Waals surface area contributed by atoms with Crippen molar-refractivity contribution in [2.75, 3.05) is 6.54 Å². The van der Waals surface area contributed by atoms with Crippen LogP contribution < -0.4 is 5.32 Å². The molecule has 0 spiro atoms. The van der Waals surface area contributed by atoms with Crippen LogP contribution in [0.3, 0.4) is 0 Å². The number of nitrogens with one attached hydrogen (secondary N) is 1. The van der Waals surface area contributed by atoms with E-state index in [1.54, 1.807) is 6.92 Å². The number of carbonyl (C=O) groups excluding carboxylic acids is 1. The quantitative estimate of drug-likeness (QED) is 0.865. The van der Waals surface area contributed by atoms with Crippen LogP contribution >= 0.6 is 0 Å². The molecule has 0 saturated carbocycles. The first-order chi connectivity index (χ1) is 10.8. The minimum Gasteiger partial charge on any atom is -0.354 e. The standard InChI is InChI=1S/C13H17F3N6O/c1-9(6-21-8-17-7-19-21)12(23)18-3-4-22-10(2)5-11(20-22)13(14,15)16/h5,7-9H,3-4,6H2,1-2H3,(H,18,23)/t9-/m1/s1. The number of alkyl halides is 3. The highest BCUT2D eigenvalue weighted by Gasteiger charge is 2.34. The normalized spacial score (nSPS) is 13.1. The molecule has 126 valence electrons. The third kappa shape index (κ3) is 4.54. The number of rotatable bonds is 6. The Bertz CT molecular complexity index is 649. The lowest BCUT2D eigenvalue weighted by Crippen LogP contribution is -2.34. The monoisotopic (exact) mass is 330 g/mol. The molecule has 0 radical (unpaired) electrons. The number of hydrogen-bond donors (Lipinski definition) is 1. The van der Waals surface area contributed by atoms with Gasteiger partial charge in [-0.3, -0.25) is 14.2 Å². The van der Waals surface area contributed by atoms with Crippen molar-refractivity contribution in [1.29, 1.82) is 0 Å². The van der Waals surface area contributed by atoms with Gasteiger partial charge in [-0.25, -0.2) is 4.98 Å². The van der Waals surface area contributed by atoms with Crippen molar-refractivity contribution in [2.24, 2.45) is 5.92 Å². The van der Waals surface area contributed by atoms with Crippen molar-refractivity contribution in [1.82, 2.24) is 29.9 Å². The summed E-state index contributed by atoms with van der Waals surface area (Å²) >= 11 is 0. The van der Waals surface area contributed by atoms with E-state index in [2.05, 4.69) is 20.5 Å². The molecule has 2 aromatic rings. The highest BCUT2D eigenvalue weighted by molar-refractivity contribution is 5.78. The molecule has 10 heteroatoms. The summed E-state index contributed by atoms with van der Waals surface area (Å²) in [5.41, 5.74) is -0.539. The fraction of sp³-hybridized carbons (Fsp3) is 0.538. The van der Waals surface area contributed by atoms with Crippen molar-refractivity contribution in [3.05, 3.63) is 30.1 Å². The molecule has 23 heavy (non-hydrogen) atoms. The topological polar surface area (TPSA) is 77.6 Å². The Morgan fingerprint density at radius 2 is 2.17 bits per heavy atom. The molecule has 1 N–H and O–H groups in total. The van der Waals surface area contributed by atoms with Gasteiger partial charge in [0.05, 0.1) is 19.0 Å². The lowest BCUT2D eigenvalue weighted by molar-refractivity contribution is -0.141. The van der Waals surface area contributed by atoms with Crippen LogP contribution in [-0.4, -0.2) is 37.0 Å². The summed E-state index contributed by atoms with van der Waals surface area (Å²) in [4.78, 5) is 15.7. The van der Waals surface area contributed by atoms with E-state index in [1.165, 1.54) is 28.9 Å². The lowest BCUT2D eigenvalue weighted by Gasteiger charge is -2.12. The van der Waals surface area contributed by atoms with Crippen LogP contribution in [0.5, 0.6) is 0 Å². The SMILES string of the molecule is Cc1cc(C(F)(F)F)nn1CCNC(=O)[C@H](C)Cn1cncn1. The minimum absolute atomic E-state index is 0.170. The molecule has 0 unspecified atom stereocenters. The summed E-state index contributed by atoms with van der Waals surface area (Å²) in [7, 11) is 0. The Labute approximate surface area is 130 Å². The zero-order chi connectivity index (χ0) is 17.0. The first-order valence-electron chi connectivity index (χ1n) is 6.99. The lowest BCUT2D eigenvalue weighted by atomic mass is 10.1.